The molecule has 2 aliphatic heterocycles. The molecule has 5 rings (SSSR count). The minimum Gasteiger partial charge on any atom is -0.394 e. The van der Waals surface area contributed by atoms with Gasteiger partial charge in [0, 0.05) is 32.9 Å². The number of halogens is 4. The van der Waals surface area contributed by atoms with Gasteiger partial charge in [-0.15, -0.1) is 5.10 Å². The number of ether oxygens (including phenoxy) is 3. The number of carbonyl (C=O) groups is 1. The number of hydrogen-bond acceptors (Lipinski definition) is 9. The van der Waals surface area contributed by atoms with Crippen LogP contribution in [0.4, 0.5) is 14.5 Å². The van der Waals surface area contributed by atoms with E-state index in [1.807, 2.05) is 0 Å². The Morgan fingerprint density at radius 3 is 2.38 bits per heavy atom. The molecule has 0 spiro atoms. The maximum Gasteiger partial charge on any atom is 0.259 e. The lowest BCUT2D eigenvalue weighted by Gasteiger charge is -2.45. The van der Waals surface area contributed by atoms with Crippen molar-refractivity contribution in [2.24, 2.45) is 0 Å². The molecule has 1 aromatic heterocycles. The molecule has 11 nitrogen and oxygen atoms in total. The van der Waals surface area contributed by atoms with Crippen molar-refractivity contribution in [1.29, 1.82) is 0 Å². The first kappa shape index (κ1) is 31.1. The van der Waals surface area contributed by atoms with Gasteiger partial charge in [0.2, 0.25) is 0 Å². The number of anilines is 1. The predicted molar refractivity (Wildman–Crippen MR) is 152 cm³/mol. The molecule has 2 fully saturated rings. The maximum atomic E-state index is 14.3. The molecule has 15 heteroatoms. The summed E-state index contributed by atoms with van der Waals surface area (Å²) in [6, 6.07) is 5.51. The third kappa shape index (κ3) is 5.88. The third-order valence-corrected chi connectivity index (χ3v) is 8.41. The molecule has 42 heavy (non-hydrogen) atoms. The zero-order chi connectivity index (χ0) is 30.3. The van der Waals surface area contributed by atoms with Crippen LogP contribution in [0.1, 0.15) is 11.6 Å². The fourth-order valence-electron chi connectivity index (χ4n) is 5.28. The van der Waals surface area contributed by atoms with Gasteiger partial charge in [0.25, 0.3) is 5.91 Å². The molecule has 226 valence electrons. The highest BCUT2D eigenvalue weighted by Gasteiger charge is 2.52. The first-order chi connectivity index (χ1) is 20.0. The fourth-order valence-corrected chi connectivity index (χ4v) is 6.55. The van der Waals surface area contributed by atoms with Crippen LogP contribution in [-0.4, -0.2) is 99.7 Å². The predicted octanol–water partition coefficient (Wildman–Crippen LogP) is 2.53. The van der Waals surface area contributed by atoms with Crippen molar-refractivity contribution >= 4 is 43.5 Å². The number of aliphatic hydroxyl groups excluding tert-OH is 3. The molecule has 2 aromatic carbocycles. The Morgan fingerprint density at radius 2 is 1.81 bits per heavy atom. The SMILES string of the molecule is COC1C(C(=O)N(c2cc(Br)cc(Br)c2)[C@H]2COC[C@@H]2O)OC(CO)C(O)C1n1cc(-c2cc(F)c(C)c(F)c2)nn1. The van der Waals surface area contributed by atoms with Crippen LogP contribution in [0.15, 0.2) is 45.5 Å². The number of amides is 1. The van der Waals surface area contributed by atoms with Crippen molar-refractivity contribution in [1.82, 2.24) is 15.0 Å². The van der Waals surface area contributed by atoms with Crippen LogP contribution in [0.3, 0.4) is 0 Å². The minimum absolute atomic E-state index is 0.0192. The van der Waals surface area contributed by atoms with Crippen molar-refractivity contribution in [3.05, 3.63) is 62.7 Å². The van der Waals surface area contributed by atoms with Gasteiger partial charge in [-0.1, -0.05) is 37.1 Å². The van der Waals surface area contributed by atoms with Gasteiger partial charge in [-0.3, -0.25) is 4.79 Å². The average Bonchev–Trinajstić information content (AvgIpc) is 3.60. The molecule has 0 saturated carbocycles. The molecule has 3 heterocycles. The number of hydrogen-bond donors (Lipinski definition) is 3. The fraction of sp³-hybridized carbons (Fsp3) is 0.444. The standard InChI is InChI=1S/C27H28Br2F2N4O7/c1-12-17(30)3-13(4-18(12)31)19-8-34(33-32-19)23-24(38)22(9-36)42-26(25(23)40-2)27(39)35(20-10-41-11-21(20)37)16-6-14(28)5-15(29)7-16/h3-8,20-26,36-38H,9-11H2,1-2H3/t20-,21-,22?,23?,24?,25?,26?/m0/s1. The Labute approximate surface area is 256 Å². The smallest absolute Gasteiger partial charge is 0.259 e. The molecule has 0 aliphatic carbocycles. The summed E-state index contributed by atoms with van der Waals surface area (Å²) >= 11 is 6.86. The van der Waals surface area contributed by atoms with Gasteiger partial charge in [0.15, 0.2) is 6.10 Å². The highest BCUT2D eigenvalue weighted by atomic mass is 79.9. The van der Waals surface area contributed by atoms with E-state index in [0.717, 1.165) is 12.1 Å². The van der Waals surface area contributed by atoms with Crippen LogP contribution in [0.5, 0.6) is 0 Å². The molecule has 1 amide bonds. The summed E-state index contributed by atoms with van der Waals surface area (Å²) in [5.74, 6) is -2.15. The van der Waals surface area contributed by atoms with Crippen molar-refractivity contribution in [2.45, 2.75) is 49.5 Å². The van der Waals surface area contributed by atoms with E-state index in [1.54, 1.807) is 18.2 Å². The van der Waals surface area contributed by atoms with E-state index in [1.165, 1.54) is 29.8 Å². The van der Waals surface area contributed by atoms with Crippen molar-refractivity contribution in [3.8, 4) is 11.3 Å². The Hall–Kier alpha value is -2.37. The summed E-state index contributed by atoms with van der Waals surface area (Å²) in [6.07, 6.45) is -4.86. The van der Waals surface area contributed by atoms with E-state index >= 15 is 0 Å². The average molecular weight is 718 g/mol. The highest BCUT2D eigenvalue weighted by molar-refractivity contribution is 9.11. The van der Waals surface area contributed by atoms with Crippen LogP contribution in [0.2, 0.25) is 0 Å². The largest absolute Gasteiger partial charge is 0.394 e. The number of carbonyl (C=O) groups excluding carboxylic acids is 1. The number of methoxy groups -OCH3 is 1. The zero-order valence-electron chi connectivity index (χ0n) is 22.4. The lowest BCUT2D eigenvalue weighted by Crippen LogP contribution is -2.63. The monoisotopic (exact) mass is 716 g/mol. The summed E-state index contributed by atoms with van der Waals surface area (Å²) in [5.41, 5.74) is 0.503. The van der Waals surface area contributed by atoms with Crippen molar-refractivity contribution in [3.63, 3.8) is 0 Å². The van der Waals surface area contributed by atoms with Gasteiger partial charge in [-0.2, -0.15) is 0 Å². The number of aromatic nitrogens is 3. The summed E-state index contributed by atoms with van der Waals surface area (Å²) in [4.78, 5) is 15.7. The van der Waals surface area contributed by atoms with E-state index in [9.17, 15) is 28.9 Å². The van der Waals surface area contributed by atoms with Gasteiger partial charge in [0.05, 0.1) is 32.1 Å². The Balaban J connectivity index is 1.54. The van der Waals surface area contributed by atoms with Gasteiger partial charge >= 0.3 is 0 Å². The van der Waals surface area contributed by atoms with E-state index in [2.05, 4.69) is 42.2 Å². The summed E-state index contributed by atoms with van der Waals surface area (Å²) < 4.78 is 48.1. The number of rotatable bonds is 7. The summed E-state index contributed by atoms with van der Waals surface area (Å²) in [5, 5.41) is 40.1. The Kier molecular flexibility index (Phi) is 9.39. The van der Waals surface area contributed by atoms with Crippen molar-refractivity contribution in [2.75, 3.05) is 31.8 Å². The van der Waals surface area contributed by atoms with Gasteiger partial charge in [-0.25, -0.2) is 13.5 Å². The molecule has 0 bridgehead atoms. The quantitative estimate of drug-likeness (QED) is 0.337. The van der Waals surface area contributed by atoms with Crippen molar-refractivity contribution < 1.29 is 43.1 Å². The zero-order valence-corrected chi connectivity index (χ0v) is 25.6. The first-order valence-electron chi connectivity index (χ1n) is 12.9. The van der Waals surface area contributed by atoms with Crippen LogP contribution in [0.25, 0.3) is 11.3 Å². The molecule has 7 atom stereocenters. The summed E-state index contributed by atoms with van der Waals surface area (Å²) in [7, 11) is 1.32. The Morgan fingerprint density at radius 1 is 1.14 bits per heavy atom. The van der Waals surface area contributed by atoms with E-state index in [-0.39, 0.29) is 30.0 Å². The minimum atomic E-state index is -1.42. The van der Waals surface area contributed by atoms with Crippen LogP contribution >= 0.6 is 31.9 Å². The molecule has 5 unspecified atom stereocenters. The van der Waals surface area contributed by atoms with Gasteiger partial charge in [-0.05, 0) is 37.3 Å². The number of aliphatic hydroxyl groups is 3. The second-order valence-electron chi connectivity index (χ2n) is 10.1. The molecule has 2 aliphatic rings. The lowest BCUT2D eigenvalue weighted by molar-refractivity contribution is -0.211. The molecule has 3 aromatic rings. The molecular weight excluding hydrogens is 690 g/mol. The maximum absolute atomic E-state index is 14.3. The van der Waals surface area contributed by atoms with E-state index < -0.39 is 66.8 Å². The first-order valence-corrected chi connectivity index (χ1v) is 14.5. The van der Waals surface area contributed by atoms with Crippen LogP contribution in [-0.2, 0) is 19.0 Å². The molecular formula is C27H28Br2F2N4O7. The normalized spacial score (nSPS) is 27.8. The summed E-state index contributed by atoms with van der Waals surface area (Å²) in [6.45, 7) is 0.732. The van der Waals surface area contributed by atoms with E-state index in [4.69, 9.17) is 14.2 Å². The van der Waals surface area contributed by atoms with Crippen LogP contribution in [0, 0.1) is 18.6 Å². The lowest BCUT2D eigenvalue weighted by atomic mass is 9.91. The van der Waals surface area contributed by atoms with E-state index in [0.29, 0.717) is 14.6 Å². The van der Waals surface area contributed by atoms with Gasteiger partial charge < -0.3 is 34.4 Å². The number of nitrogens with zero attached hydrogens (tertiary/aromatic N) is 4. The van der Waals surface area contributed by atoms with Gasteiger partial charge in [0.1, 0.15) is 47.8 Å². The molecule has 2 saturated heterocycles. The Bertz CT molecular complexity index is 1420. The highest BCUT2D eigenvalue weighted by Crippen LogP contribution is 2.36. The number of benzene rings is 2. The second kappa shape index (κ2) is 12.7. The third-order valence-electron chi connectivity index (χ3n) is 7.49. The molecule has 3 N–H and O–H groups in total. The topological polar surface area (TPSA) is 139 Å². The molecule has 0 radical (unpaired) electrons. The second-order valence-corrected chi connectivity index (χ2v) is 11.9. The van der Waals surface area contributed by atoms with Crippen LogP contribution < -0.4 is 4.90 Å².